The lowest BCUT2D eigenvalue weighted by Crippen LogP contribution is -2.41. The van der Waals surface area contributed by atoms with Gasteiger partial charge in [0.1, 0.15) is 17.2 Å². The van der Waals surface area contributed by atoms with Gasteiger partial charge in [-0.15, -0.1) is 0 Å². The largest absolute Gasteiger partial charge is 0.431 e. The maximum absolute atomic E-state index is 14.4. The maximum Gasteiger partial charge on any atom is 0.431 e. The van der Waals surface area contributed by atoms with Crippen LogP contribution in [0.5, 0.6) is 0 Å². The SMILES string of the molecule is Cc1c(-c2ccc(Cl)c(F)c2)c(C(=O)N(C)C2CCOCC2)n(Cc2ccccc2)c1C(F)(F)F. The van der Waals surface area contributed by atoms with E-state index in [0.29, 0.717) is 31.6 Å². The summed E-state index contributed by atoms with van der Waals surface area (Å²) in [5.74, 6) is -1.33. The predicted octanol–water partition coefficient (Wildman–Crippen LogP) is 6.57. The summed E-state index contributed by atoms with van der Waals surface area (Å²) in [7, 11) is 1.59. The molecule has 1 aliphatic heterocycles. The molecule has 4 nitrogen and oxygen atoms in total. The molecule has 0 atom stereocenters. The molecule has 4 rings (SSSR count). The molecule has 0 spiro atoms. The zero-order valence-corrected chi connectivity index (χ0v) is 20.1. The van der Waals surface area contributed by atoms with Gasteiger partial charge in [-0.2, -0.15) is 13.2 Å². The number of halogens is 5. The average Bonchev–Trinajstić information content (AvgIpc) is 3.13. The fourth-order valence-electron chi connectivity index (χ4n) is 4.67. The number of aromatic nitrogens is 1. The molecule has 1 aromatic heterocycles. The van der Waals surface area contributed by atoms with E-state index in [1.165, 1.54) is 24.0 Å². The third kappa shape index (κ3) is 5.09. The van der Waals surface area contributed by atoms with Crippen molar-refractivity contribution in [2.45, 2.75) is 38.5 Å². The van der Waals surface area contributed by atoms with E-state index in [0.717, 1.165) is 10.6 Å². The maximum atomic E-state index is 14.4. The Bertz CT molecular complexity index is 1220. The second-order valence-corrected chi connectivity index (χ2v) is 9.06. The molecule has 1 aliphatic rings. The van der Waals surface area contributed by atoms with Crippen molar-refractivity contribution in [1.82, 2.24) is 9.47 Å². The standard InChI is InChI=1S/C26H25ClF4N2O2/c1-16-22(18-8-9-20(27)21(28)14-18)23(25(34)32(2)19-10-12-35-13-11-19)33(24(16)26(29,30)31)15-17-6-4-3-5-7-17/h3-9,14,19H,10-13,15H2,1-2H3. The topological polar surface area (TPSA) is 34.5 Å². The first-order valence-electron chi connectivity index (χ1n) is 11.2. The molecule has 9 heteroatoms. The summed E-state index contributed by atoms with van der Waals surface area (Å²) in [6.07, 6.45) is -3.58. The van der Waals surface area contributed by atoms with Crippen molar-refractivity contribution >= 4 is 17.5 Å². The van der Waals surface area contributed by atoms with Gasteiger partial charge in [-0.05, 0) is 48.6 Å². The molecule has 0 N–H and O–H groups in total. The van der Waals surface area contributed by atoms with E-state index in [4.69, 9.17) is 16.3 Å². The molecule has 186 valence electrons. The van der Waals surface area contributed by atoms with Crippen molar-refractivity contribution in [3.63, 3.8) is 0 Å². The quantitative estimate of drug-likeness (QED) is 0.365. The third-order valence-electron chi connectivity index (χ3n) is 6.43. The first kappa shape index (κ1) is 25.3. The zero-order chi connectivity index (χ0) is 25.3. The van der Waals surface area contributed by atoms with Crippen LogP contribution in [0.1, 0.15) is 40.2 Å². The van der Waals surface area contributed by atoms with Gasteiger partial charge in [-0.3, -0.25) is 4.79 Å². The predicted molar refractivity (Wildman–Crippen MR) is 126 cm³/mol. The van der Waals surface area contributed by atoms with Crippen LogP contribution in [0.15, 0.2) is 48.5 Å². The Hall–Kier alpha value is -2.84. The summed E-state index contributed by atoms with van der Waals surface area (Å²) >= 11 is 5.83. The van der Waals surface area contributed by atoms with E-state index in [1.807, 2.05) is 0 Å². The lowest BCUT2D eigenvalue weighted by molar-refractivity contribution is -0.143. The minimum atomic E-state index is -4.74. The highest BCUT2D eigenvalue weighted by molar-refractivity contribution is 6.30. The second-order valence-electron chi connectivity index (χ2n) is 8.66. The summed E-state index contributed by atoms with van der Waals surface area (Å²) in [5, 5.41) is -0.154. The zero-order valence-electron chi connectivity index (χ0n) is 19.3. The van der Waals surface area contributed by atoms with Crippen LogP contribution in [0.2, 0.25) is 5.02 Å². The molecule has 1 amide bonds. The molecular formula is C26H25ClF4N2O2. The summed E-state index contributed by atoms with van der Waals surface area (Å²) in [5.41, 5.74) is -0.397. The highest BCUT2D eigenvalue weighted by Crippen LogP contribution is 2.42. The summed E-state index contributed by atoms with van der Waals surface area (Å²) in [4.78, 5) is 15.4. The van der Waals surface area contributed by atoms with Gasteiger partial charge in [0, 0.05) is 38.4 Å². The van der Waals surface area contributed by atoms with Crippen LogP contribution in [0.4, 0.5) is 17.6 Å². The Kier molecular flexibility index (Phi) is 7.24. The fraction of sp³-hybridized carbons (Fsp3) is 0.346. The van der Waals surface area contributed by atoms with Gasteiger partial charge in [-0.25, -0.2) is 4.39 Å². The van der Waals surface area contributed by atoms with Crippen LogP contribution >= 0.6 is 11.6 Å². The first-order chi connectivity index (χ1) is 16.6. The molecule has 2 aromatic carbocycles. The van der Waals surface area contributed by atoms with Crippen molar-refractivity contribution in [3.05, 3.63) is 81.9 Å². The lowest BCUT2D eigenvalue weighted by atomic mass is 9.99. The molecule has 0 radical (unpaired) electrons. The highest BCUT2D eigenvalue weighted by atomic mass is 35.5. The number of carbonyl (C=O) groups is 1. The van der Waals surface area contributed by atoms with Crippen molar-refractivity contribution < 1.29 is 27.1 Å². The van der Waals surface area contributed by atoms with Gasteiger partial charge in [0.2, 0.25) is 0 Å². The molecule has 0 bridgehead atoms. The number of hydrogen-bond donors (Lipinski definition) is 0. The number of ether oxygens (including phenoxy) is 1. The van der Waals surface area contributed by atoms with Crippen molar-refractivity contribution in [2.24, 2.45) is 0 Å². The number of hydrogen-bond acceptors (Lipinski definition) is 2. The van der Waals surface area contributed by atoms with Crippen LogP contribution in [-0.4, -0.2) is 41.7 Å². The minimum absolute atomic E-state index is 0.0488. The van der Waals surface area contributed by atoms with Crippen LogP contribution in [0.25, 0.3) is 11.1 Å². The summed E-state index contributed by atoms with van der Waals surface area (Å²) in [6, 6.07) is 12.2. The van der Waals surface area contributed by atoms with E-state index in [2.05, 4.69) is 0 Å². The fourth-order valence-corrected chi connectivity index (χ4v) is 4.79. The lowest BCUT2D eigenvalue weighted by Gasteiger charge is -2.32. The van der Waals surface area contributed by atoms with Crippen LogP contribution < -0.4 is 0 Å². The molecule has 3 aromatic rings. The van der Waals surface area contributed by atoms with E-state index < -0.39 is 23.6 Å². The molecule has 2 heterocycles. The molecule has 1 saturated heterocycles. The second kappa shape index (κ2) is 10.0. The van der Waals surface area contributed by atoms with Gasteiger partial charge in [0.05, 0.1) is 5.02 Å². The van der Waals surface area contributed by atoms with Gasteiger partial charge in [0.15, 0.2) is 0 Å². The summed E-state index contributed by atoms with van der Waals surface area (Å²) < 4.78 is 64.1. The van der Waals surface area contributed by atoms with E-state index >= 15 is 0 Å². The van der Waals surface area contributed by atoms with Gasteiger partial charge >= 0.3 is 6.18 Å². The molecule has 1 fully saturated rings. The Balaban J connectivity index is 1.97. The highest BCUT2D eigenvalue weighted by Gasteiger charge is 2.42. The van der Waals surface area contributed by atoms with Gasteiger partial charge in [-0.1, -0.05) is 48.0 Å². The Morgan fingerprint density at radius 1 is 1.14 bits per heavy atom. The average molecular weight is 509 g/mol. The van der Waals surface area contributed by atoms with Crippen LogP contribution in [0.3, 0.4) is 0 Å². The Labute approximate surface area is 206 Å². The number of amides is 1. The number of nitrogens with zero attached hydrogens (tertiary/aromatic N) is 2. The number of alkyl halides is 3. The van der Waals surface area contributed by atoms with E-state index in [1.54, 1.807) is 37.4 Å². The van der Waals surface area contributed by atoms with Crippen LogP contribution in [0, 0.1) is 12.7 Å². The monoisotopic (exact) mass is 508 g/mol. The smallest absolute Gasteiger partial charge is 0.381 e. The number of carbonyl (C=O) groups excluding carboxylic acids is 1. The molecule has 0 unspecified atom stereocenters. The first-order valence-corrected chi connectivity index (χ1v) is 11.6. The molecule has 0 aliphatic carbocycles. The molecule has 0 saturated carbocycles. The van der Waals surface area contributed by atoms with Crippen molar-refractivity contribution in [3.8, 4) is 11.1 Å². The minimum Gasteiger partial charge on any atom is -0.381 e. The number of benzene rings is 2. The van der Waals surface area contributed by atoms with Crippen molar-refractivity contribution in [1.29, 1.82) is 0 Å². The summed E-state index contributed by atoms with van der Waals surface area (Å²) in [6.45, 7) is 2.08. The number of rotatable bonds is 5. The molecule has 35 heavy (non-hydrogen) atoms. The van der Waals surface area contributed by atoms with E-state index in [9.17, 15) is 22.4 Å². The third-order valence-corrected chi connectivity index (χ3v) is 6.74. The van der Waals surface area contributed by atoms with Gasteiger partial charge < -0.3 is 14.2 Å². The van der Waals surface area contributed by atoms with Crippen LogP contribution in [-0.2, 0) is 17.5 Å². The Morgan fingerprint density at radius 3 is 2.40 bits per heavy atom. The van der Waals surface area contributed by atoms with Gasteiger partial charge in [0.25, 0.3) is 5.91 Å². The van der Waals surface area contributed by atoms with E-state index in [-0.39, 0.29) is 40.0 Å². The Morgan fingerprint density at radius 2 is 1.80 bits per heavy atom. The van der Waals surface area contributed by atoms with Crippen molar-refractivity contribution in [2.75, 3.05) is 20.3 Å². The normalized spacial score (nSPS) is 14.8. The molecular weight excluding hydrogens is 484 g/mol.